The quantitative estimate of drug-likeness (QED) is 0.444. The molecule has 2 aromatic rings. The Balaban J connectivity index is 2.24. The van der Waals surface area contributed by atoms with Crippen molar-refractivity contribution in [3.63, 3.8) is 0 Å². The number of hydrogen-bond donors (Lipinski definition) is 4. The molecule has 1 aliphatic rings. The Bertz CT molecular complexity index is 972. The number of halogens is 5. The lowest BCUT2D eigenvalue weighted by atomic mass is 9.77. The molecule has 0 aromatic heterocycles. The van der Waals surface area contributed by atoms with E-state index in [1.165, 1.54) is 41.7 Å². The number of urea groups is 1. The zero-order chi connectivity index (χ0) is 21.6. The van der Waals surface area contributed by atoms with Gasteiger partial charge >= 0.3 is 12.2 Å². The lowest BCUT2D eigenvalue weighted by Crippen LogP contribution is -2.72. The summed E-state index contributed by atoms with van der Waals surface area (Å²) in [7, 11) is 0. The van der Waals surface area contributed by atoms with Crippen molar-refractivity contribution in [1.29, 1.82) is 0 Å². The van der Waals surface area contributed by atoms with E-state index in [-0.39, 0.29) is 15.6 Å². The van der Waals surface area contributed by atoms with Gasteiger partial charge in [0.25, 0.3) is 0 Å². The lowest BCUT2D eigenvalue weighted by molar-refractivity contribution is -0.287. The fraction of sp³-hybridized carbons (Fsp3) is 0.222. The zero-order valence-electron chi connectivity index (χ0n) is 14.3. The minimum absolute atomic E-state index is 0.100. The van der Waals surface area contributed by atoms with Crippen molar-refractivity contribution in [3.8, 4) is 5.75 Å². The van der Waals surface area contributed by atoms with Gasteiger partial charge in [-0.25, -0.2) is 4.79 Å². The normalized spacial score (nSPS) is 24.6. The van der Waals surface area contributed by atoms with Gasteiger partial charge in [-0.2, -0.15) is 13.2 Å². The van der Waals surface area contributed by atoms with Gasteiger partial charge in [-0.3, -0.25) is 4.79 Å². The third-order valence-corrected chi connectivity index (χ3v) is 5.60. The van der Waals surface area contributed by atoms with E-state index in [1.54, 1.807) is 6.07 Å². The van der Waals surface area contributed by atoms with Crippen LogP contribution in [0.5, 0.6) is 5.75 Å². The van der Waals surface area contributed by atoms with Crippen molar-refractivity contribution >= 4 is 43.7 Å². The van der Waals surface area contributed by atoms with E-state index in [1.807, 2.05) is 0 Å². The molecule has 0 radical (unpaired) electrons. The largest absolute Gasteiger partial charge is 0.506 e. The number of phenols is 1. The molecule has 3 rings (SSSR count). The van der Waals surface area contributed by atoms with Gasteiger partial charge in [0, 0.05) is 15.6 Å². The molecule has 1 heterocycles. The summed E-state index contributed by atoms with van der Waals surface area (Å²) in [5.74, 6) is -3.77. The van der Waals surface area contributed by atoms with Crippen molar-refractivity contribution in [2.45, 2.75) is 17.9 Å². The van der Waals surface area contributed by atoms with E-state index in [4.69, 9.17) is 0 Å². The maximum atomic E-state index is 13.8. The molecule has 4 N–H and O–H groups in total. The van der Waals surface area contributed by atoms with Crippen molar-refractivity contribution in [2.75, 3.05) is 0 Å². The molecule has 1 aliphatic heterocycles. The van der Waals surface area contributed by atoms with Crippen LogP contribution in [0.2, 0.25) is 0 Å². The van der Waals surface area contributed by atoms with Crippen LogP contribution in [0.4, 0.5) is 18.0 Å². The standard InChI is InChI=1S/C18H13Br2F3N2O4/c19-9-6-10(15(27)11(20)7-9)13-12(14(26)8-4-2-1-3-5-8)17(29,18(21,22)23)25-16(28)24-13/h1-7,12-13,27,29H,(H2,24,25,28)/t12-,13+,17-/m1/s1. The van der Waals surface area contributed by atoms with E-state index in [0.717, 1.165) is 0 Å². The number of nitrogens with one attached hydrogen (secondary N) is 2. The molecule has 0 spiro atoms. The number of rotatable bonds is 3. The summed E-state index contributed by atoms with van der Waals surface area (Å²) < 4.78 is 42.0. The average Bonchev–Trinajstić information content (AvgIpc) is 2.63. The highest BCUT2D eigenvalue weighted by Gasteiger charge is 2.66. The van der Waals surface area contributed by atoms with Gasteiger partial charge in [0.15, 0.2) is 5.78 Å². The lowest BCUT2D eigenvalue weighted by Gasteiger charge is -2.45. The second-order valence-electron chi connectivity index (χ2n) is 6.37. The number of aromatic hydroxyl groups is 1. The third-order valence-electron chi connectivity index (χ3n) is 4.54. The van der Waals surface area contributed by atoms with Gasteiger partial charge in [0.2, 0.25) is 5.72 Å². The molecule has 1 saturated heterocycles. The molecule has 0 bridgehead atoms. The molecular formula is C18H13Br2F3N2O4. The Morgan fingerprint density at radius 1 is 1.14 bits per heavy atom. The van der Waals surface area contributed by atoms with Crippen LogP contribution in [-0.2, 0) is 0 Å². The molecule has 6 nitrogen and oxygen atoms in total. The van der Waals surface area contributed by atoms with Crippen LogP contribution in [0.1, 0.15) is 22.0 Å². The summed E-state index contributed by atoms with van der Waals surface area (Å²) in [4.78, 5) is 25.1. The molecule has 3 atom stereocenters. The van der Waals surface area contributed by atoms with Gasteiger partial charge in [-0.1, -0.05) is 46.3 Å². The number of carbonyl (C=O) groups is 2. The molecular weight excluding hydrogens is 525 g/mol. The Labute approximate surface area is 179 Å². The number of aliphatic hydroxyl groups is 1. The predicted molar refractivity (Wildman–Crippen MR) is 103 cm³/mol. The highest BCUT2D eigenvalue weighted by molar-refractivity contribution is 9.11. The molecule has 2 amide bonds. The molecule has 0 saturated carbocycles. The fourth-order valence-electron chi connectivity index (χ4n) is 3.20. The molecule has 11 heteroatoms. The summed E-state index contributed by atoms with van der Waals surface area (Å²) in [5, 5.41) is 24.6. The Hall–Kier alpha value is -2.11. The maximum absolute atomic E-state index is 13.8. The van der Waals surface area contributed by atoms with Crippen molar-refractivity contribution in [3.05, 3.63) is 62.5 Å². The van der Waals surface area contributed by atoms with E-state index in [0.29, 0.717) is 4.47 Å². The predicted octanol–water partition coefficient (Wildman–Crippen LogP) is 4.02. The van der Waals surface area contributed by atoms with Crippen molar-refractivity contribution in [1.82, 2.24) is 10.6 Å². The van der Waals surface area contributed by atoms with Crippen molar-refractivity contribution < 1.29 is 33.0 Å². The van der Waals surface area contributed by atoms with Crippen LogP contribution < -0.4 is 10.6 Å². The molecule has 1 fully saturated rings. The van der Waals surface area contributed by atoms with E-state index in [9.17, 15) is 33.0 Å². The molecule has 0 unspecified atom stereocenters. The van der Waals surface area contributed by atoms with Gasteiger partial charge in [0.05, 0.1) is 10.5 Å². The summed E-state index contributed by atoms with van der Waals surface area (Å²) >= 11 is 6.23. The van der Waals surface area contributed by atoms with Crippen LogP contribution in [0.25, 0.3) is 0 Å². The van der Waals surface area contributed by atoms with Crippen LogP contribution in [-0.4, -0.2) is 33.9 Å². The molecule has 2 aromatic carbocycles. The SMILES string of the molecule is O=C1N[C@@H](c2cc(Br)cc(Br)c2O)[C@H](C(=O)c2ccccc2)[C@@](O)(C(F)(F)F)N1. The molecule has 154 valence electrons. The zero-order valence-corrected chi connectivity index (χ0v) is 17.5. The number of alkyl halides is 3. The number of ketones is 1. The van der Waals surface area contributed by atoms with Gasteiger partial charge < -0.3 is 20.8 Å². The monoisotopic (exact) mass is 536 g/mol. The number of benzene rings is 2. The second-order valence-corrected chi connectivity index (χ2v) is 8.14. The second kappa shape index (κ2) is 7.62. The van der Waals surface area contributed by atoms with Crippen LogP contribution in [0.3, 0.4) is 0 Å². The minimum atomic E-state index is -5.38. The number of phenolic OH excluding ortho intramolecular Hbond substituents is 1. The molecule has 29 heavy (non-hydrogen) atoms. The Morgan fingerprint density at radius 3 is 2.34 bits per heavy atom. The fourth-order valence-corrected chi connectivity index (χ4v) is 4.46. The Kier molecular flexibility index (Phi) is 5.67. The van der Waals surface area contributed by atoms with Crippen LogP contribution in [0.15, 0.2) is 51.4 Å². The van der Waals surface area contributed by atoms with Gasteiger partial charge in [0.1, 0.15) is 11.7 Å². The highest BCUT2D eigenvalue weighted by atomic mass is 79.9. The third kappa shape index (κ3) is 3.86. The topological polar surface area (TPSA) is 98.7 Å². The van der Waals surface area contributed by atoms with E-state index >= 15 is 0 Å². The van der Waals surface area contributed by atoms with Gasteiger partial charge in [-0.15, -0.1) is 0 Å². The summed E-state index contributed by atoms with van der Waals surface area (Å²) in [5.41, 5.74) is -4.15. The number of Topliss-reactive ketones (excluding diaryl/α,β-unsaturated/α-hetero) is 1. The first-order valence-electron chi connectivity index (χ1n) is 8.10. The van der Waals surface area contributed by atoms with Crippen molar-refractivity contribution in [2.24, 2.45) is 5.92 Å². The molecule has 0 aliphatic carbocycles. The summed E-state index contributed by atoms with van der Waals surface area (Å²) in [6.45, 7) is 0. The first-order valence-corrected chi connectivity index (χ1v) is 9.69. The van der Waals surface area contributed by atoms with Crippen LogP contribution >= 0.6 is 31.9 Å². The highest BCUT2D eigenvalue weighted by Crippen LogP contribution is 2.47. The summed E-state index contributed by atoms with van der Waals surface area (Å²) in [6.07, 6.45) is -5.38. The first-order chi connectivity index (χ1) is 13.5. The summed E-state index contributed by atoms with van der Waals surface area (Å²) in [6, 6.07) is 6.74. The maximum Gasteiger partial charge on any atom is 0.437 e. The van der Waals surface area contributed by atoms with Gasteiger partial charge in [-0.05, 0) is 28.1 Å². The number of hydrogen-bond acceptors (Lipinski definition) is 4. The van der Waals surface area contributed by atoms with E-state index < -0.39 is 41.4 Å². The average molecular weight is 538 g/mol. The Morgan fingerprint density at radius 2 is 1.76 bits per heavy atom. The minimum Gasteiger partial charge on any atom is -0.506 e. The number of amides is 2. The smallest absolute Gasteiger partial charge is 0.437 e. The van der Waals surface area contributed by atoms with E-state index in [2.05, 4.69) is 37.2 Å². The first kappa shape index (κ1) is 21.6. The van der Waals surface area contributed by atoms with Crippen LogP contribution in [0, 0.1) is 5.92 Å². The number of carbonyl (C=O) groups excluding carboxylic acids is 2.